The number of nitrogens with zero attached hydrogens (tertiary/aromatic N) is 2. The first-order valence-corrected chi connectivity index (χ1v) is 36.9. The second-order valence-corrected chi connectivity index (χ2v) is 30.0. The summed E-state index contributed by atoms with van der Waals surface area (Å²) in [5.41, 5.74) is 36.4. The highest BCUT2D eigenvalue weighted by molar-refractivity contribution is 8.00. The van der Waals surface area contributed by atoms with Crippen molar-refractivity contribution in [1.29, 1.82) is 0 Å². The number of hydrogen-bond acceptors (Lipinski definition) is 4. The monoisotopic (exact) mass is 1310 g/mol. The summed E-state index contributed by atoms with van der Waals surface area (Å²) in [7, 11) is 0. The number of ether oxygens (including phenoxy) is 1. The maximum absolute atomic E-state index is 7.59. The Labute approximate surface area is 599 Å². The largest absolute Gasteiger partial charge is 0.458 e. The standard InChI is InChI=1S/C93H72B4N2OS/c1-58(2)65-54-71(59(3)4)87(72(55-65)60(5)6)95-76-49-25-29-53-83(76)100-84-57-82-77(56-78(84)95)94-73-46-22-26-50-79(73)98-80-51-27-23-47-74(80)96(85-67(61-32-12-7-13-33-61)42-30-43-68(85)62-34-14-8-15-35-62)89-91(98)88(94)92-90(93(89)101-66-40-20-11-21-41-66)97(75-48-24-28-52-81(75)99(82)92)86-69(63-36-16-9-17-37-63)44-31-45-70(86)64-38-18-10-19-39-64/h7-60H,1-6H3. The summed E-state index contributed by atoms with van der Waals surface area (Å²) in [6.07, 6.45) is 0. The molecule has 14 aromatic carbocycles. The van der Waals surface area contributed by atoms with E-state index in [-0.39, 0.29) is 38.7 Å². The predicted octanol–water partition coefficient (Wildman–Crippen LogP) is 16.2. The van der Waals surface area contributed by atoms with E-state index in [1.807, 2.05) is 11.8 Å². The van der Waals surface area contributed by atoms with Crippen molar-refractivity contribution in [3.8, 4) is 56.0 Å². The molecule has 19 rings (SSSR count). The third kappa shape index (κ3) is 9.62. The predicted molar refractivity (Wildman–Crippen MR) is 435 cm³/mol. The van der Waals surface area contributed by atoms with Crippen LogP contribution in [-0.2, 0) is 0 Å². The zero-order chi connectivity index (χ0) is 67.7. The molecule has 0 saturated heterocycles. The molecule has 0 radical (unpaired) electrons. The van der Waals surface area contributed by atoms with Crippen LogP contribution >= 0.6 is 11.8 Å². The fourth-order valence-corrected chi connectivity index (χ4v) is 19.2. The van der Waals surface area contributed by atoms with Gasteiger partial charge in [-0.2, -0.15) is 0 Å². The van der Waals surface area contributed by atoms with E-state index in [0.717, 1.165) is 17.2 Å². The van der Waals surface area contributed by atoms with E-state index in [4.69, 9.17) is 4.74 Å². The quantitative estimate of drug-likeness (QED) is 0.113. The molecule has 101 heavy (non-hydrogen) atoms. The SMILES string of the molecule is CC(C)c1cc(C(C)C)c(B2c3ccccc3Oc3cc4c(cc32)B2c3ccccc3N3c5ccccc5B(c5c(-c6ccccc6)cccc5-c5ccccc5)c5c(Sc6ccccc6)c6c(c2c53)N4c2ccccc2B6c2c(-c3ccccc3)cccc2-c2ccccc2)c(C(C)C)c1. The molecule has 3 nitrogen and oxygen atoms in total. The number of hydrogen-bond donors (Lipinski definition) is 0. The number of para-hydroxylation sites is 4. The number of rotatable bonds is 12. The first-order valence-electron chi connectivity index (χ1n) is 36.1. The van der Waals surface area contributed by atoms with Gasteiger partial charge in [-0.3, -0.25) is 0 Å². The summed E-state index contributed by atoms with van der Waals surface area (Å²) in [5, 5.41) is 0. The molecular weight excluding hydrogens is 1240 g/mol. The van der Waals surface area contributed by atoms with Gasteiger partial charge in [0.15, 0.2) is 0 Å². The van der Waals surface area contributed by atoms with Gasteiger partial charge in [-0.1, -0.05) is 337 Å². The van der Waals surface area contributed by atoms with Gasteiger partial charge in [0, 0.05) is 50.0 Å². The van der Waals surface area contributed by atoms with Crippen molar-refractivity contribution in [3.05, 3.63) is 326 Å². The normalized spacial score (nSPS) is 13.3. The average Bonchev–Trinajstić information content (AvgIpc) is 0.647. The van der Waals surface area contributed by atoms with Gasteiger partial charge in [0.2, 0.25) is 13.4 Å². The van der Waals surface area contributed by atoms with Crippen LogP contribution < -0.4 is 80.1 Å². The van der Waals surface area contributed by atoms with Gasteiger partial charge in [-0.05, 0) is 165 Å². The van der Waals surface area contributed by atoms with Crippen LogP contribution in [-0.4, -0.2) is 26.9 Å². The van der Waals surface area contributed by atoms with E-state index < -0.39 is 0 Å². The second-order valence-electron chi connectivity index (χ2n) is 28.9. The van der Waals surface area contributed by atoms with Gasteiger partial charge in [0.25, 0.3) is 13.4 Å². The molecule has 478 valence electrons. The maximum atomic E-state index is 7.59. The highest BCUT2D eigenvalue weighted by Crippen LogP contribution is 2.50. The van der Waals surface area contributed by atoms with Crippen LogP contribution in [0.4, 0.5) is 34.1 Å². The fourth-order valence-electron chi connectivity index (χ4n) is 18.0. The van der Waals surface area contributed by atoms with Crippen LogP contribution in [0.15, 0.2) is 319 Å². The number of benzene rings is 14. The molecule has 5 aliphatic heterocycles. The molecule has 5 aliphatic rings. The van der Waals surface area contributed by atoms with E-state index in [9.17, 15) is 0 Å². The highest BCUT2D eigenvalue weighted by atomic mass is 32.2. The maximum Gasteiger partial charge on any atom is 0.252 e. The smallest absolute Gasteiger partial charge is 0.252 e. The molecule has 8 heteroatoms. The lowest BCUT2D eigenvalue weighted by Gasteiger charge is -2.52. The molecule has 0 N–H and O–H groups in total. The van der Waals surface area contributed by atoms with Crippen molar-refractivity contribution in [2.45, 2.75) is 69.1 Å². The zero-order valence-corrected chi connectivity index (χ0v) is 58.5. The zero-order valence-electron chi connectivity index (χ0n) is 57.7. The first-order chi connectivity index (χ1) is 49.7. The minimum absolute atomic E-state index is 0.117. The van der Waals surface area contributed by atoms with Gasteiger partial charge in [0.05, 0.1) is 0 Å². The molecule has 14 aromatic rings. The Hall–Kier alpha value is -10.9. The Bertz CT molecular complexity index is 5480. The fraction of sp³-hybridized carbons (Fsp3) is 0.0968. The third-order valence-corrected chi connectivity index (χ3v) is 23.5. The van der Waals surface area contributed by atoms with E-state index in [0.29, 0.717) is 5.92 Å². The van der Waals surface area contributed by atoms with Crippen LogP contribution in [0.2, 0.25) is 0 Å². The molecule has 0 aromatic heterocycles. The molecule has 0 aliphatic carbocycles. The van der Waals surface area contributed by atoms with Crippen LogP contribution in [0.25, 0.3) is 44.5 Å². The van der Waals surface area contributed by atoms with E-state index in [1.54, 1.807) is 0 Å². The topological polar surface area (TPSA) is 15.7 Å². The van der Waals surface area contributed by atoms with Gasteiger partial charge >= 0.3 is 0 Å². The van der Waals surface area contributed by atoms with Crippen molar-refractivity contribution < 1.29 is 4.74 Å². The van der Waals surface area contributed by atoms with Crippen molar-refractivity contribution in [2.75, 3.05) is 9.80 Å². The minimum Gasteiger partial charge on any atom is -0.458 e. The molecule has 0 saturated carbocycles. The summed E-state index contributed by atoms with van der Waals surface area (Å²) in [6.45, 7) is 13.3. The summed E-state index contributed by atoms with van der Waals surface area (Å²) in [5.74, 6) is 2.73. The summed E-state index contributed by atoms with van der Waals surface area (Å²) < 4.78 is 7.59. The summed E-state index contributed by atoms with van der Waals surface area (Å²) >= 11 is 1.95. The van der Waals surface area contributed by atoms with E-state index in [2.05, 4.69) is 361 Å². The van der Waals surface area contributed by atoms with Crippen molar-refractivity contribution in [2.24, 2.45) is 0 Å². The third-order valence-electron chi connectivity index (χ3n) is 22.3. The number of anilines is 6. The molecule has 0 atom stereocenters. The van der Waals surface area contributed by atoms with Gasteiger partial charge < -0.3 is 14.5 Å². The molecule has 0 fully saturated rings. The average molecular weight is 1310 g/mol. The Balaban J connectivity index is 1.02. The first kappa shape index (κ1) is 61.2. The highest BCUT2D eigenvalue weighted by Gasteiger charge is 2.55. The number of fused-ring (bicyclic) bond motifs is 12. The van der Waals surface area contributed by atoms with Gasteiger partial charge in [-0.25, -0.2) is 0 Å². The molecule has 0 spiro atoms. The van der Waals surface area contributed by atoms with Crippen LogP contribution in [0.5, 0.6) is 11.5 Å². The van der Waals surface area contributed by atoms with Crippen molar-refractivity contribution >= 4 is 138 Å². The molecular formula is C93H72B4N2OS. The Morgan fingerprint density at radius 2 is 0.653 bits per heavy atom. The van der Waals surface area contributed by atoms with Gasteiger partial charge in [-0.15, -0.1) is 0 Å². The Morgan fingerprint density at radius 1 is 0.277 bits per heavy atom. The lowest BCUT2D eigenvalue weighted by molar-refractivity contribution is 0.487. The molecule has 0 unspecified atom stereocenters. The molecule has 5 heterocycles. The Kier molecular flexibility index (Phi) is 14.8. The van der Waals surface area contributed by atoms with Crippen LogP contribution in [0.3, 0.4) is 0 Å². The minimum atomic E-state index is -0.303. The van der Waals surface area contributed by atoms with Crippen molar-refractivity contribution in [3.63, 3.8) is 0 Å². The van der Waals surface area contributed by atoms with Crippen LogP contribution in [0.1, 0.15) is 76.0 Å². The van der Waals surface area contributed by atoms with E-state index in [1.165, 1.54) is 165 Å². The second kappa shape index (κ2) is 24.5. The lowest BCUT2D eigenvalue weighted by Crippen LogP contribution is -2.72. The van der Waals surface area contributed by atoms with Crippen LogP contribution in [0, 0.1) is 0 Å². The van der Waals surface area contributed by atoms with E-state index >= 15 is 0 Å². The van der Waals surface area contributed by atoms with Gasteiger partial charge in [0.1, 0.15) is 11.5 Å². The molecule has 0 bridgehead atoms. The lowest BCUT2D eigenvalue weighted by atomic mass is 9.25. The summed E-state index contributed by atoms with van der Waals surface area (Å²) in [6, 6.07) is 118. The Morgan fingerprint density at radius 3 is 1.09 bits per heavy atom. The summed E-state index contributed by atoms with van der Waals surface area (Å²) in [4.78, 5) is 7.89. The molecule has 0 amide bonds. The van der Waals surface area contributed by atoms with Crippen molar-refractivity contribution in [1.82, 2.24) is 0 Å².